The van der Waals surface area contributed by atoms with Gasteiger partial charge in [-0.25, -0.2) is 9.97 Å². The molecule has 1 aromatic heterocycles. The number of rotatable bonds is 4. The first-order valence-corrected chi connectivity index (χ1v) is 6.45. The van der Waals surface area contributed by atoms with Crippen LogP contribution in [0.4, 0.5) is 5.95 Å². The molecule has 0 spiro atoms. The van der Waals surface area contributed by atoms with Gasteiger partial charge in [-0.2, -0.15) is 17.0 Å². The van der Waals surface area contributed by atoms with E-state index in [0.717, 1.165) is 11.4 Å². The maximum absolute atomic E-state index is 8.85. The monoisotopic (exact) mass is 236 g/mol. The van der Waals surface area contributed by atoms with Gasteiger partial charge >= 0.3 is 0 Å². The van der Waals surface area contributed by atoms with Crippen LogP contribution in [-0.2, 0) is 0 Å². The minimum Gasteiger partial charge on any atom is -0.340 e. The molecule has 4 nitrogen and oxygen atoms in total. The molecule has 1 aromatic rings. The van der Waals surface area contributed by atoms with Crippen LogP contribution in [0.3, 0.4) is 0 Å². The van der Waals surface area contributed by atoms with Crippen molar-refractivity contribution in [2.45, 2.75) is 19.9 Å². The van der Waals surface area contributed by atoms with Gasteiger partial charge < -0.3 is 4.90 Å². The van der Waals surface area contributed by atoms with E-state index in [0.29, 0.717) is 17.7 Å². The van der Waals surface area contributed by atoms with Crippen LogP contribution in [-0.4, -0.2) is 35.1 Å². The van der Waals surface area contributed by atoms with Crippen LogP contribution in [0.1, 0.15) is 18.3 Å². The van der Waals surface area contributed by atoms with E-state index in [4.69, 9.17) is 5.26 Å². The molecule has 0 radical (unpaired) electrons. The first-order chi connectivity index (χ1) is 7.58. The van der Waals surface area contributed by atoms with Crippen molar-refractivity contribution in [3.63, 3.8) is 0 Å². The molecule has 0 saturated carbocycles. The molecule has 0 aliphatic rings. The molecule has 0 aliphatic carbocycles. The lowest BCUT2D eigenvalue weighted by Crippen LogP contribution is -2.32. The van der Waals surface area contributed by atoms with Crippen LogP contribution in [0.2, 0.25) is 0 Å². The molecule has 5 heteroatoms. The third-order valence-corrected chi connectivity index (χ3v) is 3.16. The second-order valence-electron chi connectivity index (χ2n) is 3.72. The highest BCUT2D eigenvalue weighted by Gasteiger charge is 2.13. The Bertz CT molecular complexity index is 399. The number of anilines is 1. The van der Waals surface area contributed by atoms with E-state index in [9.17, 15) is 0 Å². The van der Waals surface area contributed by atoms with Crippen LogP contribution in [0, 0.1) is 18.3 Å². The minimum absolute atomic E-state index is 0.350. The summed E-state index contributed by atoms with van der Waals surface area (Å²) in [6.45, 7) is 3.99. The fourth-order valence-corrected chi connectivity index (χ4v) is 2.02. The van der Waals surface area contributed by atoms with Crippen molar-refractivity contribution in [1.29, 1.82) is 5.26 Å². The van der Waals surface area contributed by atoms with E-state index in [-0.39, 0.29) is 0 Å². The second-order valence-corrected chi connectivity index (χ2v) is 4.63. The number of thioether (sulfide) groups is 1. The average Bonchev–Trinajstić information content (AvgIpc) is 2.27. The molecule has 1 rings (SSSR count). The number of nitrogens with zero attached hydrogens (tertiary/aromatic N) is 4. The Labute approximate surface area is 101 Å². The highest BCUT2D eigenvalue weighted by Crippen LogP contribution is 2.13. The van der Waals surface area contributed by atoms with E-state index in [2.05, 4.69) is 29.2 Å². The molecule has 1 atom stereocenters. The predicted molar refractivity (Wildman–Crippen MR) is 67.7 cm³/mol. The highest BCUT2D eigenvalue weighted by molar-refractivity contribution is 7.98. The topological polar surface area (TPSA) is 52.8 Å². The van der Waals surface area contributed by atoms with Crippen molar-refractivity contribution in [2.24, 2.45) is 0 Å². The molecular weight excluding hydrogens is 220 g/mol. The highest BCUT2D eigenvalue weighted by atomic mass is 32.2. The Morgan fingerprint density at radius 1 is 1.56 bits per heavy atom. The van der Waals surface area contributed by atoms with Crippen LogP contribution < -0.4 is 4.90 Å². The molecule has 0 saturated heterocycles. The summed E-state index contributed by atoms with van der Waals surface area (Å²) in [6, 6.07) is 4.09. The molecule has 0 N–H and O–H groups in total. The lowest BCUT2D eigenvalue weighted by atomic mass is 10.3. The Morgan fingerprint density at radius 3 is 2.81 bits per heavy atom. The largest absolute Gasteiger partial charge is 0.340 e. The van der Waals surface area contributed by atoms with E-state index in [1.54, 1.807) is 17.8 Å². The summed E-state index contributed by atoms with van der Waals surface area (Å²) in [7, 11) is 1.96. The van der Waals surface area contributed by atoms with Crippen molar-refractivity contribution >= 4 is 17.7 Å². The summed E-state index contributed by atoms with van der Waals surface area (Å²) in [5.41, 5.74) is 1.25. The lowest BCUT2D eigenvalue weighted by Gasteiger charge is -2.24. The van der Waals surface area contributed by atoms with Crippen LogP contribution in [0.5, 0.6) is 0 Å². The normalized spacial score (nSPS) is 11.9. The molecule has 1 unspecified atom stereocenters. The molecule has 0 aromatic carbocycles. The van der Waals surface area contributed by atoms with E-state index >= 15 is 0 Å². The first-order valence-electron chi connectivity index (χ1n) is 5.06. The molecule has 86 valence electrons. The Morgan fingerprint density at radius 2 is 2.25 bits per heavy atom. The molecule has 0 amide bonds. The van der Waals surface area contributed by atoms with Gasteiger partial charge in [0.1, 0.15) is 11.8 Å². The van der Waals surface area contributed by atoms with Crippen molar-refractivity contribution in [3.8, 4) is 6.07 Å². The summed E-state index contributed by atoms with van der Waals surface area (Å²) in [5.74, 6) is 1.63. The van der Waals surface area contributed by atoms with E-state index in [1.807, 2.05) is 18.9 Å². The molecular formula is C11H16N4S. The van der Waals surface area contributed by atoms with Gasteiger partial charge in [-0.15, -0.1) is 0 Å². The van der Waals surface area contributed by atoms with Crippen LogP contribution >= 0.6 is 11.8 Å². The fourth-order valence-electron chi connectivity index (χ4n) is 1.32. The summed E-state index contributed by atoms with van der Waals surface area (Å²) in [6.07, 6.45) is 2.07. The summed E-state index contributed by atoms with van der Waals surface area (Å²) >= 11 is 1.78. The number of aryl methyl sites for hydroxylation is 1. The van der Waals surface area contributed by atoms with Gasteiger partial charge in [0.15, 0.2) is 0 Å². The van der Waals surface area contributed by atoms with Gasteiger partial charge in [0.05, 0.1) is 0 Å². The average molecular weight is 236 g/mol. The van der Waals surface area contributed by atoms with E-state index in [1.165, 1.54) is 0 Å². The van der Waals surface area contributed by atoms with Crippen molar-refractivity contribution in [3.05, 3.63) is 17.5 Å². The summed E-state index contributed by atoms with van der Waals surface area (Å²) < 4.78 is 0. The number of aromatic nitrogens is 2. The minimum atomic E-state index is 0.350. The van der Waals surface area contributed by atoms with Crippen molar-refractivity contribution < 1.29 is 0 Å². The Balaban J connectivity index is 2.95. The van der Waals surface area contributed by atoms with Gasteiger partial charge in [0.2, 0.25) is 5.95 Å². The number of nitriles is 1. The van der Waals surface area contributed by atoms with Gasteiger partial charge in [-0.05, 0) is 26.2 Å². The lowest BCUT2D eigenvalue weighted by molar-refractivity contribution is 0.735. The van der Waals surface area contributed by atoms with Gasteiger partial charge in [-0.1, -0.05) is 0 Å². The third-order valence-electron chi connectivity index (χ3n) is 2.34. The molecule has 16 heavy (non-hydrogen) atoms. The Kier molecular flexibility index (Phi) is 4.56. The maximum Gasteiger partial charge on any atom is 0.226 e. The van der Waals surface area contributed by atoms with Crippen LogP contribution in [0.25, 0.3) is 0 Å². The quantitative estimate of drug-likeness (QED) is 0.798. The number of hydrogen-bond acceptors (Lipinski definition) is 5. The SMILES string of the molecule is CSCC(C)N(C)c1nc(C)cc(C#N)n1. The van der Waals surface area contributed by atoms with Crippen molar-refractivity contribution in [2.75, 3.05) is 24.0 Å². The zero-order chi connectivity index (χ0) is 12.1. The molecule has 0 fully saturated rings. The second kappa shape index (κ2) is 5.71. The first kappa shape index (κ1) is 12.8. The van der Waals surface area contributed by atoms with Crippen LogP contribution in [0.15, 0.2) is 6.07 Å². The Hall–Kier alpha value is -1.28. The van der Waals surface area contributed by atoms with Crippen molar-refractivity contribution in [1.82, 2.24) is 9.97 Å². The summed E-state index contributed by atoms with van der Waals surface area (Å²) in [4.78, 5) is 10.5. The maximum atomic E-state index is 8.85. The summed E-state index contributed by atoms with van der Waals surface area (Å²) in [5, 5.41) is 8.85. The standard InChI is InChI=1S/C11H16N4S/c1-8-5-10(6-12)14-11(13-8)15(3)9(2)7-16-4/h5,9H,7H2,1-4H3. The zero-order valence-corrected chi connectivity index (χ0v) is 10.9. The molecule has 0 aliphatic heterocycles. The zero-order valence-electron chi connectivity index (χ0n) is 10.1. The van der Waals surface area contributed by atoms with E-state index < -0.39 is 0 Å². The van der Waals surface area contributed by atoms with Gasteiger partial charge in [0.25, 0.3) is 0 Å². The third kappa shape index (κ3) is 3.11. The fraction of sp³-hybridized carbons (Fsp3) is 0.545. The molecule has 0 bridgehead atoms. The smallest absolute Gasteiger partial charge is 0.226 e. The molecule has 1 heterocycles. The van der Waals surface area contributed by atoms with Gasteiger partial charge in [0, 0.05) is 24.5 Å². The number of hydrogen-bond donors (Lipinski definition) is 0. The van der Waals surface area contributed by atoms with Gasteiger partial charge in [-0.3, -0.25) is 0 Å². The predicted octanol–water partition coefficient (Wildman–Crippen LogP) is 1.84.